The molecule has 0 unspecified atom stereocenters. The number of aliphatic hydroxyl groups is 11. The molecule has 0 spiro atoms. The summed E-state index contributed by atoms with van der Waals surface area (Å²) in [6, 6.07) is 0. The first kappa shape index (κ1) is 27.9. The topological polar surface area (TPSA) is 269 Å². The molecular weight excluding hydrogens is 472 g/mol. The summed E-state index contributed by atoms with van der Waals surface area (Å²) in [6.45, 7) is -2.31. The van der Waals surface area contributed by atoms with Crippen LogP contribution in [-0.4, -0.2) is 168 Å². The van der Waals surface area contributed by atoms with E-state index in [-0.39, 0.29) is 0 Å². The van der Waals surface area contributed by atoms with Gasteiger partial charge in [0, 0.05) is 0 Å². The third-order valence-corrected chi connectivity index (χ3v) is 6.09. The predicted molar refractivity (Wildman–Crippen MR) is 101 cm³/mol. The van der Waals surface area contributed by atoms with Crippen molar-refractivity contribution >= 4 is 0 Å². The van der Waals surface area contributed by atoms with Crippen molar-refractivity contribution in [3.63, 3.8) is 0 Å². The van der Waals surface area contributed by atoms with E-state index in [0.29, 0.717) is 0 Å². The van der Waals surface area contributed by atoms with Crippen molar-refractivity contribution in [2.75, 3.05) is 19.8 Å². The highest BCUT2D eigenvalue weighted by molar-refractivity contribution is 4.96. The van der Waals surface area contributed by atoms with E-state index in [9.17, 15) is 56.2 Å². The van der Waals surface area contributed by atoms with Gasteiger partial charge in [-0.3, -0.25) is 0 Å². The molecule has 0 amide bonds. The van der Waals surface area contributed by atoms with Crippen LogP contribution in [0.3, 0.4) is 0 Å². The maximum Gasteiger partial charge on any atom is 0.187 e. The monoisotopic (exact) mass is 504 g/mol. The minimum Gasteiger partial charge on any atom is -0.394 e. The van der Waals surface area contributed by atoms with Crippen LogP contribution in [0.4, 0.5) is 0 Å². The van der Waals surface area contributed by atoms with Crippen LogP contribution in [0.5, 0.6) is 0 Å². The smallest absolute Gasteiger partial charge is 0.187 e. The summed E-state index contributed by atoms with van der Waals surface area (Å²) in [5.74, 6) is 0. The molecule has 3 heterocycles. The SMILES string of the molecule is OC[C@H]1O[C@@H](O[C@@H]2[C@@H](O)[C@@H](O[C@@H]3O[C@H](CO)[C@@H](O)[C@H](O)[C@H]3O)[C@@H](CO)O[C@H]2O)[C@H](O)[C@@H](O)[C@H]1O. The summed E-state index contributed by atoms with van der Waals surface area (Å²) in [4.78, 5) is 0. The lowest BCUT2D eigenvalue weighted by molar-refractivity contribution is -0.382. The molecule has 0 aromatic carbocycles. The summed E-state index contributed by atoms with van der Waals surface area (Å²) in [5, 5.41) is 109. The summed E-state index contributed by atoms with van der Waals surface area (Å²) in [7, 11) is 0. The molecule has 0 saturated carbocycles. The van der Waals surface area contributed by atoms with Gasteiger partial charge in [0.1, 0.15) is 73.2 Å². The van der Waals surface area contributed by atoms with Crippen molar-refractivity contribution < 1.29 is 79.9 Å². The van der Waals surface area contributed by atoms with E-state index in [4.69, 9.17) is 23.7 Å². The van der Waals surface area contributed by atoms with Gasteiger partial charge in [0.2, 0.25) is 0 Å². The summed E-state index contributed by atoms with van der Waals surface area (Å²) in [6.07, 6.45) is -25.4. The molecule has 0 bridgehead atoms. The highest BCUT2D eigenvalue weighted by atomic mass is 16.8. The molecule has 0 radical (unpaired) electrons. The molecular formula is C18H32O16. The number of hydrogen-bond donors (Lipinski definition) is 11. The van der Waals surface area contributed by atoms with Gasteiger partial charge in [0.05, 0.1) is 19.8 Å². The second-order valence-corrected chi connectivity index (χ2v) is 8.33. The zero-order valence-electron chi connectivity index (χ0n) is 17.7. The molecule has 34 heavy (non-hydrogen) atoms. The van der Waals surface area contributed by atoms with Gasteiger partial charge in [-0.1, -0.05) is 0 Å². The summed E-state index contributed by atoms with van der Waals surface area (Å²) in [5.41, 5.74) is 0. The minimum absolute atomic E-state index is 0.750. The molecule has 200 valence electrons. The second-order valence-electron chi connectivity index (χ2n) is 8.33. The zero-order valence-corrected chi connectivity index (χ0v) is 17.7. The number of hydrogen-bond acceptors (Lipinski definition) is 16. The Morgan fingerprint density at radius 3 is 1.26 bits per heavy atom. The van der Waals surface area contributed by atoms with E-state index in [1.165, 1.54) is 0 Å². The average Bonchev–Trinajstić information content (AvgIpc) is 2.82. The first-order valence-corrected chi connectivity index (χ1v) is 10.6. The zero-order chi connectivity index (χ0) is 25.3. The highest BCUT2D eigenvalue weighted by Crippen LogP contribution is 2.32. The van der Waals surface area contributed by atoms with Crippen LogP contribution in [0.2, 0.25) is 0 Å². The third-order valence-electron chi connectivity index (χ3n) is 6.09. The van der Waals surface area contributed by atoms with Crippen LogP contribution in [0.1, 0.15) is 0 Å². The molecule has 3 saturated heterocycles. The molecule has 3 aliphatic heterocycles. The molecule has 0 aromatic rings. The number of aliphatic hydroxyl groups excluding tert-OH is 11. The normalized spacial score (nSPS) is 52.5. The molecule has 0 aliphatic carbocycles. The van der Waals surface area contributed by atoms with Gasteiger partial charge in [-0.15, -0.1) is 0 Å². The first-order valence-electron chi connectivity index (χ1n) is 10.6. The molecule has 3 fully saturated rings. The number of rotatable bonds is 7. The van der Waals surface area contributed by atoms with Gasteiger partial charge in [0.25, 0.3) is 0 Å². The fourth-order valence-electron chi connectivity index (χ4n) is 4.04. The van der Waals surface area contributed by atoms with Gasteiger partial charge in [-0.2, -0.15) is 0 Å². The van der Waals surface area contributed by atoms with Crippen LogP contribution in [0.25, 0.3) is 0 Å². The van der Waals surface area contributed by atoms with E-state index >= 15 is 0 Å². The molecule has 15 atom stereocenters. The van der Waals surface area contributed by atoms with Crippen molar-refractivity contribution in [3.8, 4) is 0 Å². The Labute approximate surface area is 192 Å². The van der Waals surface area contributed by atoms with Crippen LogP contribution >= 0.6 is 0 Å². The van der Waals surface area contributed by atoms with Gasteiger partial charge < -0.3 is 79.9 Å². The lowest BCUT2D eigenvalue weighted by Gasteiger charge is -2.47. The highest BCUT2D eigenvalue weighted by Gasteiger charge is 2.53. The van der Waals surface area contributed by atoms with E-state index in [0.717, 1.165) is 0 Å². The lowest BCUT2D eigenvalue weighted by atomic mass is 9.96. The molecule has 0 aromatic heterocycles. The predicted octanol–water partition coefficient (Wildman–Crippen LogP) is -7.57. The average molecular weight is 504 g/mol. The summed E-state index contributed by atoms with van der Waals surface area (Å²) >= 11 is 0. The lowest BCUT2D eigenvalue weighted by Crippen LogP contribution is -2.66. The second kappa shape index (κ2) is 11.6. The molecule has 16 heteroatoms. The largest absolute Gasteiger partial charge is 0.394 e. The maximum absolute atomic E-state index is 10.8. The minimum atomic E-state index is -1.92. The molecule has 11 N–H and O–H groups in total. The van der Waals surface area contributed by atoms with Crippen molar-refractivity contribution in [1.29, 1.82) is 0 Å². The molecule has 3 rings (SSSR count). The van der Waals surface area contributed by atoms with Crippen LogP contribution in [0.15, 0.2) is 0 Å². The van der Waals surface area contributed by atoms with E-state index in [1.807, 2.05) is 0 Å². The quantitative estimate of drug-likeness (QED) is 0.154. The summed E-state index contributed by atoms with van der Waals surface area (Å²) < 4.78 is 26.4. The third kappa shape index (κ3) is 5.37. The molecule has 16 nitrogen and oxygen atoms in total. The van der Waals surface area contributed by atoms with Gasteiger partial charge in [-0.25, -0.2) is 0 Å². The van der Waals surface area contributed by atoms with Gasteiger partial charge >= 0.3 is 0 Å². The fourth-order valence-corrected chi connectivity index (χ4v) is 4.04. The van der Waals surface area contributed by atoms with Crippen molar-refractivity contribution in [1.82, 2.24) is 0 Å². The Morgan fingerprint density at radius 1 is 0.441 bits per heavy atom. The van der Waals surface area contributed by atoms with Crippen molar-refractivity contribution in [3.05, 3.63) is 0 Å². The van der Waals surface area contributed by atoms with Crippen molar-refractivity contribution in [2.24, 2.45) is 0 Å². The molecule has 3 aliphatic rings. The Bertz CT molecular complexity index is 637. The van der Waals surface area contributed by atoms with E-state index in [2.05, 4.69) is 0 Å². The van der Waals surface area contributed by atoms with Gasteiger partial charge in [0.15, 0.2) is 18.9 Å². The maximum atomic E-state index is 10.8. The van der Waals surface area contributed by atoms with Crippen LogP contribution in [0, 0.1) is 0 Å². The van der Waals surface area contributed by atoms with Crippen LogP contribution < -0.4 is 0 Å². The number of ether oxygens (including phenoxy) is 5. The Kier molecular flexibility index (Phi) is 9.54. The first-order chi connectivity index (χ1) is 16.0. The fraction of sp³-hybridized carbons (Fsp3) is 1.00. The Balaban J connectivity index is 1.76. The van der Waals surface area contributed by atoms with Gasteiger partial charge in [-0.05, 0) is 0 Å². The van der Waals surface area contributed by atoms with E-state index in [1.54, 1.807) is 0 Å². The van der Waals surface area contributed by atoms with E-state index < -0.39 is 112 Å². The Morgan fingerprint density at radius 2 is 0.853 bits per heavy atom. The van der Waals surface area contributed by atoms with Crippen molar-refractivity contribution in [2.45, 2.75) is 92.1 Å². The van der Waals surface area contributed by atoms with Crippen LogP contribution in [-0.2, 0) is 23.7 Å². The standard InChI is InChI=1S/C18H32O16/c19-1-4-7(22)9(24)11(26)17(31-4)33-14-6(3-21)30-16(29)15(13(14)28)34-18-12(27)10(25)8(23)5(2-20)32-18/h4-29H,1-3H2/t4-,5-,6-,7-,8+,9+,10+,11-,12-,13+,14+,15-,16-,17+,18+/m1/s1. The Hall–Kier alpha value is -0.640.